The van der Waals surface area contributed by atoms with Crippen LogP contribution in [0.3, 0.4) is 0 Å². The second-order valence-electron chi connectivity index (χ2n) is 14.4. The van der Waals surface area contributed by atoms with Crippen LogP contribution in [0, 0.1) is 11.8 Å². The number of carbonyl (C=O) groups is 5. The third kappa shape index (κ3) is 7.28. The van der Waals surface area contributed by atoms with Crippen molar-refractivity contribution in [3.05, 3.63) is 88.7 Å². The highest BCUT2D eigenvalue weighted by molar-refractivity contribution is 6.25. The van der Waals surface area contributed by atoms with E-state index >= 15 is 0 Å². The Bertz CT molecular complexity index is 1970. The maximum atomic E-state index is 13.6. The van der Waals surface area contributed by atoms with E-state index in [4.69, 9.17) is 10.8 Å². The summed E-state index contributed by atoms with van der Waals surface area (Å²) in [7, 11) is 2.88. The Labute approximate surface area is 327 Å². The van der Waals surface area contributed by atoms with E-state index in [0.29, 0.717) is 5.56 Å². The third-order valence-corrected chi connectivity index (χ3v) is 10.4. The van der Waals surface area contributed by atoms with Crippen LogP contribution in [0.15, 0.2) is 72.0 Å². The molecular weight excluding hydrogens is 754 g/mol. The summed E-state index contributed by atoms with van der Waals surface area (Å²) in [5.74, 6) is -10.2. The highest BCUT2D eigenvalue weighted by atomic mass is 35.5. The SMILES string of the molecule is C1N2CN3CN1CN(C2)C3.C=C1c2cccc(O)c2C(O)=C2C(=O)[C@]3(O)C(O)=C(C(N)=O)C(=O)[C@@H](N(C)C)[C@@H]3[C@@H](O)[C@H]12.Cl.O=C(O)CNC(=O)c1ccccc1. The third-order valence-electron chi connectivity index (χ3n) is 10.4. The maximum absolute atomic E-state index is 13.6. The molecule has 300 valence electrons. The predicted octanol–water partition coefficient (Wildman–Crippen LogP) is -0.691. The number of Topliss-reactive ketones (excluding diaryl/α,β-unsaturated/α-hetero) is 2. The number of benzene rings is 2. The zero-order valence-electron chi connectivity index (χ0n) is 30.5. The van der Waals surface area contributed by atoms with Gasteiger partial charge in [0.15, 0.2) is 11.4 Å². The molecule has 5 atom stereocenters. The molecule has 7 aliphatic rings. The molecule has 9 N–H and O–H groups in total. The number of primary amides is 1. The lowest BCUT2D eigenvalue weighted by molar-refractivity contribution is -0.194. The van der Waals surface area contributed by atoms with Crippen LogP contribution in [-0.4, -0.2) is 163 Å². The molecule has 56 heavy (non-hydrogen) atoms. The number of nitrogens with zero attached hydrogens (tertiary/aromatic N) is 5. The van der Waals surface area contributed by atoms with E-state index in [-0.39, 0.29) is 47.3 Å². The molecule has 4 bridgehead atoms. The molecule has 18 nitrogen and oxygen atoms in total. The Kier molecular flexibility index (Phi) is 12.1. The summed E-state index contributed by atoms with van der Waals surface area (Å²) < 4.78 is 0. The van der Waals surface area contributed by atoms with Crippen LogP contribution in [0.4, 0.5) is 0 Å². The number of carboxylic acids is 1. The molecule has 2 amide bonds. The summed E-state index contributed by atoms with van der Waals surface area (Å²) in [5, 5.41) is 65.3. The molecule has 2 aromatic rings. The van der Waals surface area contributed by atoms with Gasteiger partial charge in [0.1, 0.15) is 29.4 Å². The first-order chi connectivity index (χ1) is 26.0. The topological polar surface area (TPSA) is 261 Å². The van der Waals surface area contributed by atoms with Crippen molar-refractivity contribution in [2.75, 3.05) is 60.7 Å². The highest BCUT2D eigenvalue weighted by Gasteiger charge is 2.68. The number of rotatable bonds is 5. The zero-order chi connectivity index (χ0) is 40.1. The van der Waals surface area contributed by atoms with E-state index in [2.05, 4.69) is 31.5 Å². The van der Waals surface area contributed by atoms with Crippen molar-refractivity contribution < 1.29 is 54.6 Å². The van der Waals surface area contributed by atoms with Crippen LogP contribution in [-0.2, 0) is 19.2 Å². The lowest BCUT2D eigenvalue weighted by Crippen LogP contribution is -2.71. The minimum atomic E-state index is -2.94. The number of halogens is 1. The summed E-state index contributed by atoms with van der Waals surface area (Å²) in [6.45, 7) is 10.7. The number of nitrogens with two attached hydrogens (primary N) is 1. The molecular formula is C37H44ClN7O11. The number of aliphatic hydroxyl groups excluding tert-OH is 3. The number of likely N-dealkylation sites (N-methyl/N-ethyl adjacent to an activating group) is 1. The van der Waals surface area contributed by atoms with E-state index in [1.165, 1.54) is 77.2 Å². The van der Waals surface area contributed by atoms with Crippen molar-refractivity contribution in [2.24, 2.45) is 17.6 Å². The molecule has 1 saturated carbocycles. The Morgan fingerprint density at radius 2 is 1.45 bits per heavy atom. The second kappa shape index (κ2) is 16.1. The fraction of sp³-hybridized carbons (Fsp3) is 0.378. The Hall–Kier alpha value is -5.18. The standard InChI is InChI=1S/C22H22N2O8.C9H9NO3.C6H12N4.ClH/c1-7-8-5-4-6-9(25)11(8)16(26)12-10(7)17(27)14-15(24(2)3)18(28)13(21(23)31)20(30)22(14,32)19(12)29;11-8(12)6-10-9(13)7-4-2-1-3-5-7;1-7-2-9-4-8(1)5-10(3-7)6-9;/h4-6,10,14-15,17,25-27,30,32H,1H2,2-3H3,(H2,23,31);1-5H,6H2,(H,10,13)(H,11,12);1-6H2;1H/t10-,14-,15+,17+,22+;;;/m1.../s1. The minimum Gasteiger partial charge on any atom is -0.508 e. The second-order valence-corrected chi connectivity index (χ2v) is 14.4. The molecule has 0 unspecified atom stereocenters. The average Bonchev–Trinajstić information content (AvgIpc) is 3.12. The summed E-state index contributed by atoms with van der Waals surface area (Å²) in [4.78, 5) is 71.0. The van der Waals surface area contributed by atoms with Gasteiger partial charge in [0.25, 0.3) is 11.8 Å². The Morgan fingerprint density at radius 1 is 0.911 bits per heavy atom. The van der Waals surface area contributed by atoms with Crippen LogP contribution in [0.25, 0.3) is 11.3 Å². The van der Waals surface area contributed by atoms with Crippen LogP contribution in [0.2, 0.25) is 0 Å². The smallest absolute Gasteiger partial charge is 0.322 e. The summed E-state index contributed by atoms with van der Waals surface area (Å²) in [6.07, 6.45) is -1.69. The molecule has 4 saturated heterocycles. The fourth-order valence-corrected chi connectivity index (χ4v) is 8.29. The zero-order valence-corrected chi connectivity index (χ0v) is 31.3. The predicted molar refractivity (Wildman–Crippen MR) is 201 cm³/mol. The number of aliphatic hydroxyl groups is 4. The summed E-state index contributed by atoms with van der Waals surface area (Å²) >= 11 is 0. The number of ketones is 2. The van der Waals surface area contributed by atoms with E-state index < -0.39 is 75.7 Å². The first kappa shape index (κ1) is 42.0. The number of amides is 2. The molecule has 2 aromatic carbocycles. The first-order valence-corrected chi connectivity index (χ1v) is 17.3. The van der Waals surface area contributed by atoms with E-state index in [9.17, 15) is 49.5 Å². The Balaban J connectivity index is 0.000000202. The van der Waals surface area contributed by atoms with Gasteiger partial charge in [-0.2, -0.15) is 0 Å². The van der Waals surface area contributed by atoms with Gasteiger partial charge >= 0.3 is 5.97 Å². The van der Waals surface area contributed by atoms with Crippen LogP contribution >= 0.6 is 12.4 Å². The molecule has 4 heterocycles. The number of fused-ring (bicyclic) bond motifs is 3. The van der Waals surface area contributed by atoms with Gasteiger partial charge in [-0.15, -0.1) is 12.4 Å². The average molecular weight is 798 g/mol. The lowest BCUT2D eigenvalue weighted by Gasteiger charge is -2.56. The van der Waals surface area contributed by atoms with Gasteiger partial charge in [-0.25, -0.2) is 0 Å². The van der Waals surface area contributed by atoms with Gasteiger partial charge < -0.3 is 41.7 Å². The quantitative estimate of drug-likeness (QED) is 0.174. The molecule has 0 spiro atoms. The summed E-state index contributed by atoms with van der Waals surface area (Å²) in [5.41, 5.74) is 1.63. The van der Waals surface area contributed by atoms with Gasteiger partial charge in [-0.05, 0) is 43.4 Å². The van der Waals surface area contributed by atoms with Gasteiger partial charge in [-0.3, -0.25) is 48.5 Å². The number of hydrogen-bond donors (Lipinski definition) is 8. The van der Waals surface area contributed by atoms with Crippen molar-refractivity contribution in [3.8, 4) is 5.75 Å². The molecule has 5 fully saturated rings. The monoisotopic (exact) mass is 797 g/mol. The Morgan fingerprint density at radius 3 is 1.93 bits per heavy atom. The maximum Gasteiger partial charge on any atom is 0.322 e. The number of phenolic OH excluding ortho intramolecular Hbond substituents is 1. The number of nitrogens with one attached hydrogen (secondary N) is 1. The van der Waals surface area contributed by atoms with Crippen molar-refractivity contribution in [3.63, 3.8) is 0 Å². The molecule has 19 heteroatoms. The number of carbonyl (C=O) groups excluding carboxylic acids is 4. The number of hydrogen-bond acceptors (Lipinski definition) is 15. The highest BCUT2D eigenvalue weighted by Crippen LogP contribution is 2.55. The first-order valence-electron chi connectivity index (χ1n) is 17.3. The van der Waals surface area contributed by atoms with Crippen molar-refractivity contribution >= 4 is 53.1 Å². The van der Waals surface area contributed by atoms with Crippen LogP contribution in [0.1, 0.15) is 21.5 Å². The molecule has 3 aliphatic carbocycles. The minimum absolute atomic E-state index is 0. The number of carboxylic acid groups (broad SMARTS) is 1. The van der Waals surface area contributed by atoms with Crippen molar-refractivity contribution in [1.29, 1.82) is 0 Å². The molecule has 0 aromatic heterocycles. The van der Waals surface area contributed by atoms with Gasteiger partial charge in [0.05, 0.1) is 69.2 Å². The largest absolute Gasteiger partial charge is 0.508 e. The van der Waals surface area contributed by atoms with E-state index in [0.717, 1.165) is 0 Å². The lowest BCUT2D eigenvalue weighted by atomic mass is 9.55. The van der Waals surface area contributed by atoms with Crippen molar-refractivity contribution in [2.45, 2.75) is 17.7 Å². The van der Waals surface area contributed by atoms with Crippen LogP contribution < -0.4 is 11.1 Å². The number of phenols is 1. The molecule has 9 rings (SSSR count). The van der Waals surface area contributed by atoms with Gasteiger partial charge in [0, 0.05) is 11.5 Å². The van der Waals surface area contributed by atoms with E-state index in [1.54, 1.807) is 30.3 Å². The van der Waals surface area contributed by atoms with Gasteiger partial charge in [-0.1, -0.05) is 36.9 Å². The number of aliphatic carboxylic acids is 1. The van der Waals surface area contributed by atoms with E-state index in [1.807, 2.05) is 0 Å². The van der Waals surface area contributed by atoms with Crippen molar-refractivity contribution in [1.82, 2.24) is 29.8 Å². The van der Waals surface area contributed by atoms with Gasteiger partial charge in [0.2, 0.25) is 5.78 Å². The molecule has 0 radical (unpaired) electrons. The number of aromatic hydroxyl groups is 1. The normalized spacial score (nSPS) is 30.8. The fourth-order valence-electron chi connectivity index (χ4n) is 8.29. The van der Waals surface area contributed by atoms with Crippen LogP contribution in [0.5, 0.6) is 5.75 Å². The summed E-state index contributed by atoms with van der Waals surface area (Å²) in [6, 6.07) is 11.4. The molecule has 4 aliphatic heterocycles.